The fourth-order valence-corrected chi connectivity index (χ4v) is 3.20. The van der Waals surface area contributed by atoms with Gasteiger partial charge in [-0.2, -0.15) is 0 Å². The summed E-state index contributed by atoms with van der Waals surface area (Å²) >= 11 is 0. The number of amides is 3. The number of hydrogen-bond acceptors (Lipinski definition) is 9. The third-order valence-corrected chi connectivity index (χ3v) is 5.15. The van der Waals surface area contributed by atoms with Gasteiger partial charge in [-0.1, -0.05) is 12.1 Å². The largest absolute Gasteiger partial charge is 0.508 e. The van der Waals surface area contributed by atoms with E-state index in [1.165, 1.54) is 36.8 Å². The summed E-state index contributed by atoms with van der Waals surface area (Å²) in [7, 11) is 0. The standard InChI is InChI=1S/C22H28N6O9/c23-14(6-12-8-24-10-25-12)19(33)26-16(7-18(31)32)21(35)27-15(5-11-1-3-13(30)4-2-11)20(34)28-17(9-29)22(36)37/h1-4,8,10,14-17,29-30H,5-7,9,23H2,(H,24,25)(H,26,33)(H,27,35)(H,28,34)(H,31,32)(H,36,37). The van der Waals surface area contributed by atoms with Crippen LogP contribution < -0.4 is 21.7 Å². The summed E-state index contributed by atoms with van der Waals surface area (Å²) in [5, 5.41) is 43.7. The molecule has 2 rings (SSSR count). The van der Waals surface area contributed by atoms with Gasteiger partial charge in [-0.05, 0) is 17.7 Å². The van der Waals surface area contributed by atoms with Crippen LogP contribution in [0.2, 0.25) is 0 Å². The fraction of sp³-hybridized carbons (Fsp3) is 0.364. The van der Waals surface area contributed by atoms with Gasteiger partial charge in [-0.3, -0.25) is 19.2 Å². The Hall–Kier alpha value is -4.50. The lowest BCUT2D eigenvalue weighted by Gasteiger charge is -2.24. The van der Waals surface area contributed by atoms with Crippen LogP contribution in [0.25, 0.3) is 0 Å². The van der Waals surface area contributed by atoms with Gasteiger partial charge in [0.25, 0.3) is 0 Å². The van der Waals surface area contributed by atoms with Crippen molar-refractivity contribution in [3.63, 3.8) is 0 Å². The number of phenolic OH excluding ortho intramolecular Hbond substituents is 1. The van der Waals surface area contributed by atoms with Gasteiger partial charge in [-0.25, -0.2) is 9.78 Å². The number of aliphatic hydroxyl groups excluding tert-OH is 1. The number of carboxylic acids is 2. The van der Waals surface area contributed by atoms with Gasteiger partial charge in [0, 0.05) is 24.7 Å². The van der Waals surface area contributed by atoms with Crippen LogP contribution in [0.1, 0.15) is 17.7 Å². The van der Waals surface area contributed by atoms with E-state index in [9.17, 15) is 39.3 Å². The van der Waals surface area contributed by atoms with E-state index in [2.05, 4.69) is 25.9 Å². The van der Waals surface area contributed by atoms with Gasteiger partial charge >= 0.3 is 11.9 Å². The van der Waals surface area contributed by atoms with Gasteiger partial charge in [0.05, 0.1) is 25.4 Å². The molecule has 0 spiro atoms. The van der Waals surface area contributed by atoms with Crippen molar-refractivity contribution in [2.75, 3.05) is 6.61 Å². The van der Waals surface area contributed by atoms with Crippen LogP contribution in [-0.2, 0) is 36.8 Å². The monoisotopic (exact) mass is 520 g/mol. The molecule has 0 saturated carbocycles. The van der Waals surface area contributed by atoms with Crippen molar-refractivity contribution < 1.29 is 44.4 Å². The number of aliphatic carboxylic acids is 2. The Morgan fingerprint density at radius 3 is 2.03 bits per heavy atom. The Bertz CT molecular complexity index is 1090. The van der Waals surface area contributed by atoms with Crippen molar-refractivity contribution in [2.45, 2.75) is 43.4 Å². The molecule has 0 saturated heterocycles. The SMILES string of the molecule is NC(Cc1cnc[nH]1)C(=O)NC(CC(=O)O)C(=O)NC(Cc1ccc(O)cc1)C(=O)NC(CO)C(=O)O. The molecule has 1 aromatic carbocycles. The molecule has 0 radical (unpaired) electrons. The van der Waals surface area contributed by atoms with Gasteiger partial charge in [0.15, 0.2) is 0 Å². The first kappa shape index (κ1) is 28.7. The molecule has 0 aliphatic heterocycles. The highest BCUT2D eigenvalue weighted by molar-refractivity contribution is 5.95. The quantitative estimate of drug-likeness (QED) is 0.123. The van der Waals surface area contributed by atoms with Gasteiger partial charge in [0.1, 0.15) is 23.9 Å². The van der Waals surface area contributed by atoms with Crippen LogP contribution in [0, 0.1) is 0 Å². The van der Waals surface area contributed by atoms with Gasteiger partial charge in [-0.15, -0.1) is 0 Å². The van der Waals surface area contributed by atoms with Crippen LogP contribution in [0.5, 0.6) is 5.75 Å². The number of nitrogens with one attached hydrogen (secondary N) is 4. The van der Waals surface area contributed by atoms with E-state index >= 15 is 0 Å². The first-order valence-electron chi connectivity index (χ1n) is 11.0. The van der Waals surface area contributed by atoms with Crippen molar-refractivity contribution in [1.82, 2.24) is 25.9 Å². The first-order valence-corrected chi connectivity index (χ1v) is 11.0. The lowest BCUT2D eigenvalue weighted by Crippen LogP contribution is -2.58. The van der Waals surface area contributed by atoms with Crippen LogP contribution >= 0.6 is 0 Å². The van der Waals surface area contributed by atoms with E-state index in [1.807, 2.05) is 0 Å². The van der Waals surface area contributed by atoms with Crippen molar-refractivity contribution >= 4 is 29.7 Å². The van der Waals surface area contributed by atoms with E-state index in [0.29, 0.717) is 11.3 Å². The van der Waals surface area contributed by atoms with E-state index < -0.39 is 66.9 Å². The molecule has 10 N–H and O–H groups in total. The van der Waals surface area contributed by atoms with E-state index in [-0.39, 0.29) is 18.6 Å². The fourth-order valence-electron chi connectivity index (χ4n) is 3.20. The topological polar surface area (TPSA) is 257 Å². The normalized spacial score (nSPS) is 14.0. The lowest BCUT2D eigenvalue weighted by atomic mass is 10.0. The number of nitrogens with zero attached hydrogens (tertiary/aromatic N) is 1. The van der Waals surface area contributed by atoms with Crippen LogP contribution in [0.3, 0.4) is 0 Å². The van der Waals surface area contributed by atoms with E-state index in [0.717, 1.165) is 0 Å². The van der Waals surface area contributed by atoms with E-state index in [1.54, 1.807) is 0 Å². The van der Waals surface area contributed by atoms with Crippen LogP contribution in [-0.4, -0.2) is 90.8 Å². The highest BCUT2D eigenvalue weighted by Gasteiger charge is 2.31. The molecule has 4 atom stereocenters. The molecular formula is C22H28N6O9. The number of nitrogens with two attached hydrogens (primary N) is 1. The molecule has 200 valence electrons. The summed E-state index contributed by atoms with van der Waals surface area (Å²) in [6.45, 7) is -0.924. The smallest absolute Gasteiger partial charge is 0.328 e. The Morgan fingerprint density at radius 1 is 0.892 bits per heavy atom. The highest BCUT2D eigenvalue weighted by atomic mass is 16.4. The number of benzene rings is 1. The zero-order valence-electron chi connectivity index (χ0n) is 19.5. The molecular weight excluding hydrogens is 492 g/mol. The van der Waals surface area contributed by atoms with Crippen LogP contribution in [0.15, 0.2) is 36.8 Å². The lowest BCUT2D eigenvalue weighted by molar-refractivity contribution is -0.144. The maximum absolute atomic E-state index is 13.0. The predicted molar refractivity (Wildman–Crippen MR) is 125 cm³/mol. The first-order chi connectivity index (χ1) is 17.5. The molecule has 3 amide bonds. The molecule has 0 aliphatic rings. The van der Waals surface area contributed by atoms with Gasteiger partial charge in [0.2, 0.25) is 17.7 Å². The average Bonchev–Trinajstić information content (AvgIpc) is 3.35. The van der Waals surface area contributed by atoms with E-state index in [4.69, 9.17) is 10.8 Å². The molecule has 15 heteroatoms. The third kappa shape index (κ3) is 9.23. The minimum atomic E-state index is -1.67. The number of imidazole rings is 1. The van der Waals surface area contributed by atoms with Crippen molar-refractivity contribution in [2.24, 2.45) is 5.73 Å². The molecule has 2 aromatic rings. The molecule has 15 nitrogen and oxygen atoms in total. The second-order valence-electron chi connectivity index (χ2n) is 8.06. The summed E-state index contributed by atoms with van der Waals surface area (Å²) in [5.74, 6) is -5.86. The minimum absolute atomic E-state index is 0.0247. The molecule has 1 aromatic heterocycles. The number of carboxylic acid groups (broad SMARTS) is 2. The van der Waals surface area contributed by atoms with Crippen molar-refractivity contribution in [3.8, 4) is 5.75 Å². The Balaban J connectivity index is 2.20. The Labute approximate surface area is 210 Å². The van der Waals surface area contributed by atoms with Gasteiger partial charge < -0.3 is 47.1 Å². The van der Waals surface area contributed by atoms with Crippen molar-refractivity contribution in [1.29, 1.82) is 0 Å². The molecule has 0 fully saturated rings. The number of carbonyl (C=O) groups is 5. The summed E-state index contributed by atoms with van der Waals surface area (Å²) in [4.78, 5) is 67.4. The predicted octanol–water partition coefficient (Wildman–Crippen LogP) is -2.77. The van der Waals surface area contributed by atoms with Crippen molar-refractivity contribution in [3.05, 3.63) is 48.0 Å². The summed E-state index contributed by atoms with van der Waals surface area (Å²) in [6, 6.07) is -0.314. The second-order valence-corrected chi connectivity index (χ2v) is 8.06. The number of rotatable bonds is 14. The Morgan fingerprint density at radius 2 is 1.49 bits per heavy atom. The number of aromatic nitrogens is 2. The average molecular weight is 520 g/mol. The Kier molecular flexibility index (Phi) is 10.5. The number of aromatic hydroxyl groups is 1. The number of carbonyl (C=O) groups excluding carboxylic acids is 3. The molecule has 4 unspecified atom stereocenters. The highest BCUT2D eigenvalue weighted by Crippen LogP contribution is 2.12. The summed E-state index contributed by atoms with van der Waals surface area (Å²) in [6.07, 6.45) is 1.82. The zero-order valence-corrected chi connectivity index (χ0v) is 19.5. The maximum Gasteiger partial charge on any atom is 0.328 e. The number of aliphatic hydroxyl groups is 1. The maximum atomic E-state index is 13.0. The molecule has 0 aliphatic carbocycles. The summed E-state index contributed by atoms with van der Waals surface area (Å²) < 4.78 is 0. The zero-order chi connectivity index (χ0) is 27.5. The summed E-state index contributed by atoms with van der Waals surface area (Å²) in [5.41, 5.74) is 6.83. The number of H-pyrrole nitrogens is 1. The number of aromatic amines is 1. The third-order valence-electron chi connectivity index (χ3n) is 5.15. The van der Waals surface area contributed by atoms with Crippen LogP contribution in [0.4, 0.5) is 0 Å². The number of phenols is 1. The number of hydrogen-bond donors (Lipinski definition) is 9. The second kappa shape index (κ2) is 13.6. The molecule has 1 heterocycles. The molecule has 37 heavy (non-hydrogen) atoms. The molecule has 0 bridgehead atoms. The minimum Gasteiger partial charge on any atom is -0.508 e.